The largest absolute Gasteiger partial charge is 0.379 e. The summed E-state index contributed by atoms with van der Waals surface area (Å²) in [4.78, 5) is 28.1. The van der Waals surface area contributed by atoms with Crippen LogP contribution < -0.4 is 5.32 Å². The second-order valence-electron chi connectivity index (χ2n) is 6.81. The molecule has 0 bridgehead atoms. The fourth-order valence-electron chi connectivity index (χ4n) is 3.03. The maximum atomic E-state index is 12.2. The second-order valence-corrected chi connectivity index (χ2v) is 6.81. The number of hydrogen-bond donors (Lipinski definition) is 1. The highest BCUT2D eigenvalue weighted by Gasteiger charge is 2.29. The molecule has 2 saturated heterocycles. The molecule has 0 aromatic rings. The van der Waals surface area contributed by atoms with Crippen molar-refractivity contribution >= 4 is 11.8 Å². The van der Waals surface area contributed by atoms with E-state index in [2.05, 4.69) is 24.1 Å². The van der Waals surface area contributed by atoms with Gasteiger partial charge in [0.05, 0.1) is 19.8 Å². The normalized spacial score (nSPS) is 21.5. The van der Waals surface area contributed by atoms with Crippen LogP contribution in [0.1, 0.15) is 39.5 Å². The van der Waals surface area contributed by atoms with Gasteiger partial charge in [0.25, 0.3) is 0 Å². The van der Waals surface area contributed by atoms with Crippen molar-refractivity contribution in [3.8, 4) is 0 Å². The van der Waals surface area contributed by atoms with Crippen LogP contribution in [0.15, 0.2) is 0 Å². The first-order chi connectivity index (χ1) is 10.5. The lowest BCUT2D eigenvalue weighted by Gasteiger charge is -2.41. The molecule has 2 rings (SSSR count). The summed E-state index contributed by atoms with van der Waals surface area (Å²) in [6, 6.07) is 0. The van der Waals surface area contributed by atoms with Crippen molar-refractivity contribution in [1.29, 1.82) is 0 Å². The molecule has 2 heterocycles. The standard InChI is InChI=1S/C16H29N3O3/c1-16(2,19-8-10-22-11-9-19)13-17-14(20)12-18-7-5-3-4-6-15(18)21/h3-13H2,1-2H3,(H,17,20). The molecule has 0 aromatic heterocycles. The van der Waals surface area contributed by atoms with Gasteiger partial charge in [0, 0.05) is 38.1 Å². The van der Waals surface area contributed by atoms with Gasteiger partial charge >= 0.3 is 0 Å². The SMILES string of the molecule is CC(C)(CNC(=O)CN1CCCCCC1=O)N1CCOCC1. The summed E-state index contributed by atoms with van der Waals surface area (Å²) in [5.74, 6) is 0.0525. The average Bonchev–Trinajstić information content (AvgIpc) is 2.71. The summed E-state index contributed by atoms with van der Waals surface area (Å²) in [6.45, 7) is 9.05. The summed E-state index contributed by atoms with van der Waals surface area (Å²) in [7, 11) is 0. The Morgan fingerprint density at radius 3 is 2.64 bits per heavy atom. The van der Waals surface area contributed by atoms with Crippen LogP contribution in [0.4, 0.5) is 0 Å². The quantitative estimate of drug-likeness (QED) is 0.808. The van der Waals surface area contributed by atoms with Crippen LogP contribution in [0.2, 0.25) is 0 Å². The van der Waals surface area contributed by atoms with Crippen molar-refractivity contribution in [3.63, 3.8) is 0 Å². The molecule has 1 N–H and O–H groups in total. The number of morpholine rings is 1. The Hall–Kier alpha value is -1.14. The van der Waals surface area contributed by atoms with E-state index in [9.17, 15) is 9.59 Å². The van der Waals surface area contributed by atoms with Gasteiger partial charge in [0.1, 0.15) is 0 Å². The van der Waals surface area contributed by atoms with E-state index in [4.69, 9.17) is 4.74 Å². The predicted molar refractivity (Wildman–Crippen MR) is 84.5 cm³/mol. The van der Waals surface area contributed by atoms with Gasteiger partial charge in [-0.15, -0.1) is 0 Å². The van der Waals surface area contributed by atoms with Gasteiger partial charge in [-0.25, -0.2) is 0 Å². The van der Waals surface area contributed by atoms with Crippen molar-refractivity contribution in [2.24, 2.45) is 0 Å². The zero-order valence-electron chi connectivity index (χ0n) is 13.9. The fraction of sp³-hybridized carbons (Fsp3) is 0.875. The van der Waals surface area contributed by atoms with E-state index >= 15 is 0 Å². The van der Waals surface area contributed by atoms with Gasteiger partial charge in [-0.3, -0.25) is 14.5 Å². The number of amides is 2. The highest BCUT2D eigenvalue weighted by atomic mass is 16.5. The van der Waals surface area contributed by atoms with Crippen LogP contribution in [0, 0.1) is 0 Å². The fourth-order valence-corrected chi connectivity index (χ4v) is 3.03. The molecule has 6 heteroatoms. The van der Waals surface area contributed by atoms with E-state index in [1.807, 2.05) is 0 Å². The molecule has 2 amide bonds. The molecule has 126 valence electrons. The van der Waals surface area contributed by atoms with Crippen molar-refractivity contribution < 1.29 is 14.3 Å². The Morgan fingerprint density at radius 2 is 1.91 bits per heavy atom. The maximum Gasteiger partial charge on any atom is 0.239 e. The van der Waals surface area contributed by atoms with Crippen molar-refractivity contribution in [2.45, 2.75) is 45.1 Å². The van der Waals surface area contributed by atoms with E-state index in [-0.39, 0.29) is 23.9 Å². The molecular formula is C16H29N3O3. The number of carbonyl (C=O) groups excluding carboxylic acids is 2. The molecule has 22 heavy (non-hydrogen) atoms. The van der Waals surface area contributed by atoms with E-state index in [0.717, 1.165) is 45.6 Å². The first-order valence-electron chi connectivity index (χ1n) is 8.36. The Morgan fingerprint density at radius 1 is 1.18 bits per heavy atom. The predicted octanol–water partition coefficient (Wildman–Crippen LogP) is 0.616. The van der Waals surface area contributed by atoms with E-state index in [1.165, 1.54) is 0 Å². The average molecular weight is 311 g/mol. The summed E-state index contributed by atoms with van der Waals surface area (Å²) in [5, 5.41) is 2.99. The highest BCUT2D eigenvalue weighted by Crippen LogP contribution is 2.15. The summed E-state index contributed by atoms with van der Waals surface area (Å²) in [6.07, 6.45) is 3.60. The molecule has 0 unspecified atom stereocenters. The van der Waals surface area contributed by atoms with Crippen LogP contribution >= 0.6 is 0 Å². The van der Waals surface area contributed by atoms with Crippen LogP contribution in [0.25, 0.3) is 0 Å². The molecule has 0 aliphatic carbocycles. The van der Waals surface area contributed by atoms with E-state index < -0.39 is 0 Å². The summed E-state index contributed by atoms with van der Waals surface area (Å²) < 4.78 is 5.37. The van der Waals surface area contributed by atoms with Crippen LogP contribution in [0.5, 0.6) is 0 Å². The lowest BCUT2D eigenvalue weighted by molar-refractivity contribution is -0.135. The van der Waals surface area contributed by atoms with Gasteiger partial charge in [-0.1, -0.05) is 6.42 Å². The second kappa shape index (κ2) is 7.92. The van der Waals surface area contributed by atoms with E-state index in [1.54, 1.807) is 4.90 Å². The van der Waals surface area contributed by atoms with Gasteiger partial charge in [-0.2, -0.15) is 0 Å². The molecule has 6 nitrogen and oxygen atoms in total. The molecule has 2 fully saturated rings. The lowest BCUT2D eigenvalue weighted by Crippen LogP contribution is -2.56. The van der Waals surface area contributed by atoms with Gasteiger partial charge < -0.3 is 15.0 Å². The molecule has 2 aliphatic rings. The number of ether oxygens (including phenoxy) is 1. The lowest BCUT2D eigenvalue weighted by atomic mass is 10.0. The first kappa shape index (κ1) is 17.2. The maximum absolute atomic E-state index is 12.2. The Kier molecular flexibility index (Phi) is 6.20. The Balaban J connectivity index is 1.77. The first-order valence-corrected chi connectivity index (χ1v) is 8.36. The van der Waals surface area contributed by atoms with Crippen molar-refractivity contribution in [3.05, 3.63) is 0 Å². The van der Waals surface area contributed by atoms with Crippen LogP contribution in [-0.4, -0.2) is 73.1 Å². The summed E-state index contributed by atoms with van der Waals surface area (Å²) >= 11 is 0. The zero-order valence-corrected chi connectivity index (χ0v) is 13.9. The Labute approximate surface area is 133 Å². The molecular weight excluding hydrogens is 282 g/mol. The number of hydrogen-bond acceptors (Lipinski definition) is 4. The topological polar surface area (TPSA) is 61.9 Å². The van der Waals surface area contributed by atoms with Crippen molar-refractivity contribution in [1.82, 2.24) is 15.1 Å². The smallest absolute Gasteiger partial charge is 0.239 e. The third-order valence-corrected chi connectivity index (χ3v) is 4.59. The minimum Gasteiger partial charge on any atom is -0.379 e. The molecule has 2 aliphatic heterocycles. The molecule has 0 saturated carbocycles. The Bertz CT molecular complexity index is 392. The third kappa shape index (κ3) is 4.95. The van der Waals surface area contributed by atoms with Gasteiger partial charge in [0.15, 0.2) is 0 Å². The molecule has 0 aromatic carbocycles. The number of rotatable bonds is 5. The third-order valence-electron chi connectivity index (χ3n) is 4.59. The minimum absolute atomic E-state index is 0.0587. The summed E-state index contributed by atoms with van der Waals surface area (Å²) in [5.41, 5.74) is -0.0950. The van der Waals surface area contributed by atoms with Crippen LogP contribution in [-0.2, 0) is 14.3 Å². The van der Waals surface area contributed by atoms with Crippen LogP contribution in [0.3, 0.4) is 0 Å². The number of nitrogens with zero attached hydrogens (tertiary/aromatic N) is 2. The number of nitrogens with one attached hydrogen (secondary N) is 1. The molecule has 0 spiro atoms. The molecule has 0 radical (unpaired) electrons. The van der Waals surface area contributed by atoms with E-state index in [0.29, 0.717) is 19.5 Å². The number of carbonyl (C=O) groups is 2. The van der Waals surface area contributed by atoms with Crippen molar-refractivity contribution in [2.75, 3.05) is 45.9 Å². The number of likely N-dealkylation sites (tertiary alicyclic amines) is 1. The monoisotopic (exact) mass is 311 g/mol. The van der Waals surface area contributed by atoms with Gasteiger partial charge in [0.2, 0.25) is 11.8 Å². The minimum atomic E-state index is -0.0950. The van der Waals surface area contributed by atoms with Gasteiger partial charge in [-0.05, 0) is 26.7 Å². The highest BCUT2D eigenvalue weighted by molar-refractivity contribution is 5.84. The molecule has 0 atom stereocenters. The zero-order chi connectivity index (χ0) is 16.0.